The smallest absolute Gasteiger partial charge is 0.222 e. The average molecular weight is 397 g/mol. The fourth-order valence-electron chi connectivity index (χ4n) is 6.55. The van der Waals surface area contributed by atoms with E-state index in [1.165, 1.54) is 44.2 Å². The van der Waals surface area contributed by atoms with Crippen LogP contribution in [-0.2, 0) is 16.0 Å². The zero-order chi connectivity index (χ0) is 19.6. The highest BCUT2D eigenvalue weighted by Gasteiger charge is 2.45. The Morgan fingerprint density at radius 2 is 1.83 bits per heavy atom. The van der Waals surface area contributed by atoms with Crippen molar-refractivity contribution >= 4 is 5.91 Å². The quantitative estimate of drug-likeness (QED) is 0.777. The fourth-order valence-corrected chi connectivity index (χ4v) is 6.55. The first kappa shape index (κ1) is 19.6. The standard InChI is InChI=1S/C25H36N2O2/c28-25(15-20-9-11-29-12-10-20)26-16-21-13-22(18-26)24-8-4-7-23(27(24)17-21)14-19-5-2-1-3-6-19/h1-3,5-6,20-24H,4,7-18H2/t21-,22+,23+,24-/m0/s1. The van der Waals surface area contributed by atoms with E-state index in [1.807, 2.05) is 0 Å². The van der Waals surface area contributed by atoms with Crippen molar-refractivity contribution in [2.24, 2.45) is 17.8 Å². The summed E-state index contributed by atoms with van der Waals surface area (Å²) in [6.07, 6.45) is 9.38. The van der Waals surface area contributed by atoms with E-state index in [0.717, 1.165) is 45.6 Å². The van der Waals surface area contributed by atoms with Crippen LogP contribution in [-0.4, -0.2) is 60.6 Å². The molecule has 1 aromatic rings. The van der Waals surface area contributed by atoms with Gasteiger partial charge in [-0.2, -0.15) is 0 Å². The Bertz CT molecular complexity index is 687. The summed E-state index contributed by atoms with van der Waals surface area (Å²) in [5.41, 5.74) is 1.47. The second-order valence-electron chi connectivity index (χ2n) is 9.96. The van der Waals surface area contributed by atoms with Gasteiger partial charge in [0.15, 0.2) is 0 Å². The van der Waals surface area contributed by atoms with Gasteiger partial charge >= 0.3 is 0 Å². The molecule has 4 aliphatic rings. The van der Waals surface area contributed by atoms with Crippen molar-refractivity contribution in [2.75, 3.05) is 32.8 Å². The Labute approximate surface area is 175 Å². The number of amides is 1. The molecule has 0 spiro atoms. The van der Waals surface area contributed by atoms with Gasteiger partial charge in [-0.3, -0.25) is 9.69 Å². The molecule has 1 amide bonds. The number of rotatable bonds is 4. The lowest BCUT2D eigenvalue weighted by molar-refractivity contribution is -0.140. The molecule has 4 saturated heterocycles. The molecule has 4 heteroatoms. The van der Waals surface area contributed by atoms with E-state index < -0.39 is 0 Å². The second kappa shape index (κ2) is 8.77. The number of hydrogen-bond donors (Lipinski definition) is 0. The molecule has 0 aromatic heterocycles. The normalized spacial score (nSPS) is 33.3. The van der Waals surface area contributed by atoms with E-state index in [0.29, 0.717) is 35.7 Å². The van der Waals surface area contributed by atoms with Crippen molar-refractivity contribution in [1.29, 1.82) is 0 Å². The van der Waals surface area contributed by atoms with E-state index in [4.69, 9.17) is 4.74 Å². The lowest BCUT2D eigenvalue weighted by Gasteiger charge is -2.55. The number of hydrogen-bond acceptors (Lipinski definition) is 3. The molecule has 4 heterocycles. The van der Waals surface area contributed by atoms with Crippen LogP contribution in [0.25, 0.3) is 0 Å². The summed E-state index contributed by atoms with van der Waals surface area (Å²) in [6.45, 7) is 4.85. The van der Waals surface area contributed by atoms with Crippen LogP contribution >= 0.6 is 0 Å². The molecule has 29 heavy (non-hydrogen) atoms. The third-order valence-corrected chi connectivity index (χ3v) is 7.99. The van der Waals surface area contributed by atoms with Gasteiger partial charge in [-0.25, -0.2) is 0 Å². The summed E-state index contributed by atoms with van der Waals surface area (Å²) in [4.78, 5) is 18.1. The van der Waals surface area contributed by atoms with Crippen LogP contribution in [0, 0.1) is 17.8 Å². The summed E-state index contributed by atoms with van der Waals surface area (Å²) in [7, 11) is 0. The van der Waals surface area contributed by atoms with Crippen molar-refractivity contribution in [3.8, 4) is 0 Å². The minimum absolute atomic E-state index is 0.414. The highest BCUT2D eigenvalue weighted by atomic mass is 16.5. The van der Waals surface area contributed by atoms with E-state index in [2.05, 4.69) is 40.1 Å². The molecule has 2 bridgehead atoms. The first-order valence-electron chi connectivity index (χ1n) is 11.9. The van der Waals surface area contributed by atoms with Gasteiger partial charge < -0.3 is 9.64 Å². The number of benzene rings is 1. The first-order valence-corrected chi connectivity index (χ1v) is 11.9. The van der Waals surface area contributed by atoms with Crippen molar-refractivity contribution < 1.29 is 9.53 Å². The van der Waals surface area contributed by atoms with Gasteiger partial charge in [-0.1, -0.05) is 36.8 Å². The Kier molecular flexibility index (Phi) is 5.92. The summed E-state index contributed by atoms with van der Waals surface area (Å²) in [5, 5.41) is 0. The van der Waals surface area contributed by atoms with Gasteiger partial charge in [0.2, 0.25) is 5.91 Å². The lowest BCUT2D eigenvalue weighted by atomic mass is 9.74. The predicted molar refractivity (Wildman–Crippen MR) is 115 cm³/mol. The molecule has 4 atom stereocenters. The average Bonchev–Trinajstić information content (AvgIpc) is 2.76. The van der Waals surface area contributed by atoms with Crippen molar-refractivity contribution in [3.63, 3.8) is 0 Å². The van der Waals surface area contributed by atoms with Gasteiger partial charge in [0.1, 0.15) is 0 Å². The summed E-state index contributed by atoms with van der Waals surface area (Å²) in [5.74, 6) is 2.30. The molecule has 0 unspecified atom stereocenters. The number of piperidine rings is 3. The molecule has 0 N–H and O–H groups in total. The van der Waals surface area contributed by atoms with Gasteiger partial charge in [-0.05, 0) is 61.8 Å². The maximum Gasteiger partial charge on any atom is 0.222 e. The maximum atomic E-state index is 13.0. The molecule has 5 rings (SSSR count). The van der Waals surface area contributed by atoms with Crippen molar-refractivity contribution in [2.45, 2.75) is 63.5 Å². The predicted octanol–water partition coefficient (Wildman–Crippen LogP) is 3.75. The number of carbonyl (C=O) groups excluding carboxylic acids is 1. The summed E-state index contributed by atoms with van der Waals surface area (Å²) in [6, 6.07) is 12.4. The van der Waals surface area contributed by atoms with Crippen LogP contribution in [0.5, 0.6) is 0 Å². The van der Waals surface area contributed by atoms with E-state index in [-0.39, 0.29) is 0 Å². The first-order chi connectivity index (χ1) is 14.3. The van der Waals surface area contributed by atoms with Crippen LogP contribution < -0.4 is 0 Å². The number of carbonyl (C=O) groups is 1. The molecular weight excluding hydrogens is 360 g/mol. The second-order valence-corrected chi connectivity index (χ2v) is 9.96. The van der Waals surface area contributed by atoms with Gasteiger partial charge in [0, 0.05) is 51.4 Å². The molecule has 4 aliphatic heterocycles. The molecule has 1 aromatic carbocycles. The van der Waals surface area contributed by atoms with Gasteiger partial charge in [0.05, 0.1) is 0 Å². The topological polar surface area (TPSA) is 32.8 Å². The Hall–Kier alpha value is -1.39. The van der Waals surface area contributed by atoms with E-state index in [9.17, 15) is 4.79 Å². The highest BCUT2D eigenvalue weighted by Crippen LogP contribution is 2.40. The molecule has 0 saturated carbocycles. The molecule has 0 aliphatic carbocycles. The van der Waals surface area contributed by atoms with E-state index >= 15 is 0 Å². The van der Waals surface area contributed by atoms with Gasteiger partial charge in [-0.15, -0.1) is 0 Å². The molecule has 4 nitrogen and oxygen atoms in total. The number of fused-ring (bicyclic) bond motifs is 4. The zero-order valence-electron chi connectivity index (χ0n) is 17.7. The number of ether oxygens (including phenoxy) is 1. The van der Waals surface area contributed by atoms with Crippen molar-refractivity contribution in [1.82, 2.24) is 9.80 Å². The van der Waals surface area contributed by atoms with E-state index in [1.54, 1.807) is 0 Å². The molecule has 0 radical (unpaired) electrons. The summed E-state index contributed by atoms with van der Waals surface area (Å²) >= 11 is 0. The lowest BCUT2D eigenvalue weighted by Crippen LogP contribution is -2.62. The van der Waals surface area contributed by atoms with Crippen LogP contribution in [0.4, 0.5) is 0 Å². The third kappa shape index (κ3) is 4.39. The highest BCUT2D eigenvalue weighted by molar-refractivity contribution is 5.76. The molecular formula is C25H36N2O2. The Balaban J connectivity index is 1.23. The fraction of sp³-hybridized carbons (Fsp3) is 0.720. The molecule has 158 valence electrons. The zero-order valence-corrected chi connectivity index (χ0v) is 17.7. The number of nitrogens with zero attached hydrogens (tertiary/aromatic N) is 2. The SMILES string of the molecule is O=C(CC1CCOCC1)N1C[C@@H]2C[C@H](C1)[C@@H]1CCC[C@H](Cc3ccccc3)N1C2. The van der Waals surface area contributed by atoms with Crippen molar-refractivity contribution in [3.05, 3.63) is 35.9 Å². The Morgan fingerprint density at radius 3 is 2.66 bits per heavy atom. The molecule has 4 fully saturated rings. The minimum Gasteiger partial charge on any atom is -0.381 e. The third-order valence-electron chi connectivity index (χ3n) is 7.99. The van der Waals surface area contributed by atoms with Crippen LogP contribution in [0.3, 0.4) is 0 Å². The van der Waals surface area contributed by atoms with Crippen LogP contribution in [0.1, 0.15) is 50.5 Å². The number of likely N-dealkylation sites (tertiary alicyclic amines) is 1. The minimum atomic E-state index is 0.414. The van der Waals surface area contributed by atoms with Crippen LogP contribution in [0.2, 0.25) is 0 Å². The largest absolute Gasteiger partial charge is 0.381 e. The monoisotopic (exact) mass is 396 g/mol. The Morgan fingerprint density at radius 1 is 1.00 bits per heavy atom. The van der Waals surface area contributed by atoms with Crippen LogP contribution in [0.15, 0.2) is 30.3 Å². The summed E-state index contributed by atoms with van der Waals surface area (Å²) < 4.78 is 5.47. The van der Waals surface area contributed by atoms with Gasteiger partial charge in [0.25, 0.3) is 0 Å². The maximum absolute atomic E-state index is 13.0.